The first-order chi connectivity index (χ1) is 10.7. The van der Waals surface area contributed by atoms with E-state index in [0.29, 0.717) is 0 Å². The number of methoxy groups -OCH3 is 1. The number of aryl methyl sites for hydroxylation is 1. The van der Waals surface area contributed by atoms with Gasteiger partial charge in [0, 0.05) is 21.3 Å². The average molecular weight is 374 g/mol. The second kappa shape index (κ2) is 6.63. The second-order valence-corrected chi connectivity index (χ2v) is 7.20. The minimum absolute atomic E-state index is 0.834. The molecule has 4 heteroatoms. The maximum Gasteiger partial charge on any atom is 0.122 e. The molecule has 1 heterocycles. The molecule has 0 unspecified atom stereocenters. The van der Waals surface area contributed by atoms with Crippen molar-refractivity contribution in [2.75, 3.05) is 7.11 Å². The Morgan fingerprint density at radius 3 is 2.55 bits per heavy atom. The number of benzene rings is 2. The number of para-hydroxylation sites is 1. The largest absolute Gasteiger partial charge is 0.496 e. The van der Waals surface area contributed by atoms with Crippen LogP contribution in [0.2, 0.25) is 0 Å². The van der Waals surface area contributed by atoms with Crippen molar-refractivity contribution in [3.05, 3.63) is 68.5 Å². The zero-order chi connectivity index (χ0) is 15.5. The molecule has 112 valence electrons. The lowest BCUT2D eigenvalue weighted by Gasteiger charge is -2.08. The first-order valence-electron chi connectivity index (χ1n) is 7.01. The van der Waals surface area contributed by atoms with Gasteiger partial charge in [-0.25, -0.2) is 4.98 Å². The number of ether oxygens (including phenoxy) is 1. The Bertz CT molecular complexity index is 780. The Hall–Kier alpha value is -1.65. The fourth-order valence-electron chi connectivity index (χ4n) is 2.44. The SMILES string of the molecule is COc1ccccc1Cc1sc(C)nc1-c1ccc(Br)cc1. The Labute approximate surface area is 142 Å². The lowest BCUT2D eigenvalue weighted by atomic mass is 10.1. The number of nitrogens with zero attached hydrogens (tertiary/aromatic N) is 1. The predicted molar refractivity (Wildman–Crippen MR) is 95.8 cm³/mol. The molecular formula is C18H16BrNOS. The van der Waals surface area contributed by atoms with E-state index in [-0.39, 0.29) is 0 Å². The van der Waals surface area contributed by atoms with Crippen LogP contribution in [0.15, 0.2) is 53.0 Å². The molecule has 0 bridgehead atoms. The molecule has 2 aromatic carbocycles. The summed E-state index contributed by atoms with van der Waals surface area (Å²) in [5.74, 6) is 0.926. The molecular weight excluding hydrogens is 358 g/mol. The molecule has 0 N–H and O–H groups in total. The maximum atomic E-state index is 5.46. The monoisotopic (exact) mass is 373 g/mol. The van der Waals surface area contributed by atoms with E-state index in [1.807, 2.05) is 18.2 Å². The van der Waals surface area contributed by atoms with Crippen molar-refractivity contribution in [3.63, 3.8) is 0 Å². The normalized spacial score (nSPS) is 10.7. The van der Waals surface area contributed by atoms with Crippen LogP contribution in [-0.2, 0) is 6.42 Å². The van der Waals surface area contributed by atoms with Gasteiger partial charge >= 0.3 is 0 Å². The molecule has 1 aromatic heterocycles. The summed E-state index contributed by atoms with van der Waals surface area (Å²) in [6.45, 7) is 2.05. The zero-order valence-electron chi connectivity index (χ0n) is 12.5. The van der Waals surface area contributed by atoms with E-state index in [2.05, 4.69) is 53.2 Å². The van der Waals surface area contributed by atoms with Gasteiger partial charge in [-0.15, -0.1) is 11.3 Å². The summed E-state index contributed by atoms with van der Waals surface area (Å²) in [5.41, 5.74) is 3.41. The summed E-state index contributed by atoms with van der Waals surface area (Å²) < 4.78 is 6.54. The molecule has 0 aliphatic carbocycles. The van der Waals surface area contributed by atoms with Crippen LogP contribution in [0.5, 0.6) is 5.75 Å². The summed E-state index contributed by atoms with van der Waals surface area (Å²) in [6, 6.07) is 16.5. The van der Waals surface area contributed by atoms with Crippen molar-refractivity contribution in [1.82, 2.24) is 4.98 Å². The topological polar surface area (TPSA) is 22.1 Å². The molecule has 0 aliphatic rings. The zero-order valence-corrected chi connectivity index (χ0v) is 14.9. The van der Waals surface area contributed by atoms with Crippen LogP contribution in [0.25, 0.3) is 11.3 Å². The molecule has 3 aromatic rings. The van der Waals surface area contributed by atoms with Gasteiger partial charge in [0.25, 0.3) is 0 Å². The van der Waals surface area contributed by atoms with Crippen LogP contribution < -0.4 is 4.74 Å². The molecule has 0 aliphatic heterocycles. The highest BCUT2D eigenvalue weighted by Crippen LogP contribution is 2.32. The molecule has 0 spiro atoms. The molecule has 0 amide bonds. The van der Waals surface area contributed by atoms with Gasteiger partial charge in [-0.3, -0.25) is 0 Å². The molecule has 0 saturated heterocycles. The van der Waals surface area contributed by atoms with Crippen LogP contribution in [0.3, 0.4) is 0 Å². The van der Waals surface area contributed by atoms with Crippen molar-refractivity contribution in [3.8, 4) is 17.0 Å². The lowest BCUT2D eigenvalue weighted by Crippen LogP contribution is -1.93. The third-order valence-electron chi connectivity index (χ3n) is 3.47. The van der Waals surface area contributed by atoms with E-state index in [1.165, 1.54) is 10.4 Å². The van der Waals surface area contributed by atoms with Crippen LogP contribution in [0.4, 0.5) is 0 Å². The molecule has 22 heavy (non-hydrogen) atoms. The summed E-state index contributed by atoms with van der Waals surface area (Å²) >= 11 is 5.23. The number of halogens is 1. The van der Waals surface area contributed by atoms with Gasteiger partial charge in [0.2, 0.25) is 0 Å². The summed E-state index contributed by atoms with van der Waals surface area (Å²) in [7, 11) is 1.71. The Balaban J connectivity index is 1.99. The number of aromatic nitrogens is 1. The fourth-order valence-corrected chi connectivity index (χ4v) is 3.69. The van der Waals surface area contributed by atoms with Crippen LogP contribution in [0, 0.1) is 6.92 Å². The van der Waals surface area contributed by atoms with Crippen molar-refractivity contribution in [1.29, 1.82) is 0 Å². The van der Waals surface area contributed by atoms with Gasteiger partial charge in [0.1, 0.15) is 5.75 Å². The van der Waals surface area contributed by atoms with Gasteiger partial charge in [0.05, 0.1) is 17.8 Å². The number of hydrogen-bond donors (Lipinski definition) is 0. The van der Waals surface area contributed by atoms with E-state index in [9.17, 15) is 0 Å². The summed E-state index contributed by atoms with van der Waals surface area (Å²) in [5, 5.41) is 1.09. The maximum absolute atomic E-state index is 5.46. The molecule has 2 nitrogen and oxygen atoms in total. The van der Waals surface area contributed by atoms with Crippen molar-refractivity contribution in [2.45, 2.75) is 13.3 Å². The van der Waals surface area contributed by atoms with Gasteiger partial charge in [-0.2, -0.15) is 0 Å². The summed E-state index contributed by atoms with van der Waals surface area (Å²) in [4.78, 5) is 5.99. The first kappa shape index (κ1) is 15.3. The standard InChI is InChI=1S/C18H16BrNOS/c1-12-20-18(13-7-9-15(19)10-8-13)17(22-12)11-14-5-3-4-6-16(14)21-2/h3-10H,11H2,1-2H3. The number of rotatable bonds is 4. The highest BCUT2D eigenvalue weighted by Gasteiger charge is 2.13. The van der Waals surface area contributed by atoms with Gasteiger partial charge < -0.3 is 4.74 Å². The van der Waals surface area contributed by atoms with Gasteiger partial charge in [-0.1, -0.05) is 46.3 Å². The average Bonchev–Trinajstić information content (AvgIpc) is 2.89. The molecule has 0 atom stereocenters. The van der Waals surface area contributed by atoms with E-state index in [1.54, 1.807) is 18.4 Å². The quantitative estimate of drug-likeness (QED) is 0.603. The second-order valence-electron chi connectivity index (χ2n) is 5.00. The highest BCUT2D eigenvalue weighted by molar-refractivity contribution is 9.10. The number of thiazole rings is 1. The van der Waals surface area contributed by atoms with Gasteiger partial charge in [0.15, 0.2) is 0 Å². The summed E-state index contributed by atoms with van der Waals surface area (Å²) in [6.07, 6.45) is 0.834. The first-order valence-corrected chi connectivity index (χ1v) is 8.62. The van der Waals surface area contributed by atoms with E-state index in [4.69, 9.17) is 9.72 Å². The lowest BCUT2D eigenvalue weighted by molar-refractivity contribution is 0.410. The molecule has 0 fully saturated rings. The smallest absolute Gasteiger partial charge is 0.122 e. The van der Waals surface area contributed by atoms with E-state index >= 15 is 0 Å². The van der Waals surface area contributed by atoms with Crippen LogP contribution in [-0.4, -0.2) is 12.1 Å². The Morgan fingerprint density at radius 2 is 1.82 bits per heavy atom. The fraction of sp³-hybridized carbons (Fsp3) is 0.167. The Morgan fingerprint density at radius 1 is 1.09 bits per heavy atom. The molecule has 0 radical (unpaired) electrons. The third kappa shape index (κ3) is 3.23. The highest BCUT2D eigenvalue weighted by atomic mass is 79.9. The molecule has 3 rings (SSSR count). The Kier molecular flexibility index (Phi) is 4.60. The number of hydrogen-bond acceptors (Lipinski definition) is 3. The molecule has 0 saturated carbocycles. The van der Waals surface area contributed by atoms with Crippen molar-refractivity contribution >= 4 is 27.3 Å². The van der Waals surface area contributed by atoms with Crippen molar-refractivity contribution in [2.24, 2.45) is 0 Å². The predicted octanol–water partition coefficient (Wildman–Crippen LogP) is 5.48. The van der Waals surface area contributed by atoms with Crippen LogP contribution >= 0.6 is 27.3 Å². The minimum Gasteiger partial charge on any atom is -0.496 e. The van der Waals surface area contributed by atoms with Crippen molar-refractivity contribution < 1.29 is 4.74 Å². The van der Waals surface area contributed by atoms with Gasteiger partial charge in [-0.05, 0) is 30.7 Å². The third-order valence-corrected chi connectivity index (χ3v) is 4.96. The van der Waals surface area contributed by atoms with E-state index in [0.717, 1.165) is 32.9 Å². The van der Waals surface area contributed by atoms with E-state index < -0.39 is 0 Å². The minimum atomic E-state index is 0.834. The van der Waals surface area contributed by atoms with Crippen LogP contribution in [0.1, 0.15) is 15.4 Å².